The van der Waals surface area contributed by atoms with Gasteiger partial charge in [0.2, 0.25) is 11.8 Å². The van der Waals surface area contributed by atoms with Crippen LogP contribution in [0.1, 0.15) is 42.1 Å². The van der Waals surface area contributed by atoms with Crippen LogP contribution in [0.4, 0.5) is 0 Å². The van der Waals surface area contributed by atoms with Crippen LogP contribution in [-0.2, 0) is 32.0 Å². The number of carbonyl (C=O) groups is 3. The molecule has 0 spiro atoms. The molecular weight excluding hydrogens is 506 g/mol. The lowest BCUT2D eigenvalue weighted by atomic mass is 9.86. The number of carbonyl (C=O) groups excluding carboxylic acids is 3. The van der Waals surface area contributed by atoms with Gasteiger partial charge in [0.1, 0.15) is 18.1 Å². The van der Waals surface area contributed by atoms with Crippen molar-refractivity contribution in [2.24, 2.45) is 0 Å². The summed E-state index contributed by atoms with van der Waals surface area (Å²) in [5.74, 6) is -0.230. The molecule has 2 fully saturated rings. The first-order valence-electron chi connectivity index (χ1n) is 14.1. The van der Waals surface area contributed by atoms with E-state index in [0.29, 0.717) is 38.8 Å². The van der Waals surface area contributed by atoms with Crippen molar-refractivity contribution in [2.75, 3.05) is 20.2 Å². The molecule has 9 heteroatoms. The van der Waals surface area contributed by atoms with Gasteiger partial charge in [0.25, 0.3) is 0 Å². The highest BCUT2D eigenvalue weighted by molar-refractivity contribution is 5.99. The lowest BCUT2D eigenvalue weighted by Gasteiger charge is -2.48. The monoisotopic (exact) mass is 539 g/mol. The van der Waals surface area contributed by atoms with Gasteiger partial charge in [-0.1, -0.05) is 36.4 Å². The summed E-state index contributed by atoms with van der Waals surface area (Å²) < 4.78 is 5.14. The van der Waals surface area contributed by atoms with Gasteiger partial charge >= 0.3 is 5.97 Å². The van der Waals surface area contributed by atoms with E-state index in [0.717, 1.165) is 45.0 Å². The number of rotatable bonds is 7. The van der Waals surface area contributed by atoms with Gasteiger partial charge in [0.05, 0.1) is 13.2 Å². The standard InChI is InChI=1S/C31H33N5O4/c1-40-31(39)24(15-18-17-33-22-9-4-2-7-19(18)22)32-13-12-25-28-21(20-8-3-5-10-23(20)34-28)16-27-29(37)35-14-6-11-26(35)30(38)36(25)27/h2-5,7-10,17,24-27,32-34H,6,11-16H2,1H3/t24-,25+,26+,27+/m1/s1. The van der Waals surface area contributed by atoms with Crippen LogP contribution in [0.15, 0.2) is 54.7 Å². The fourth-order valence-corrected chi connectivity index (χ4v) is 7.12. The molecule has 2 aromatic heterocycles. The van der Waals surface area contributed by atoms with Crippen molar-refractivity contribution in [2.45, 2.75) is 56.3 Å². The molecule has 5 heterocycles. The molecule has 3 aliphatic heterocycles. The number of aromatic amines is 2. The molecule has 2 amide bonds. The van der Waals surface area contributed by atoms with Crippen molar-refractivity contribution in [3.05, 3.63) is 71.5 Å². The third-order valence-corrected chi connectivity index (χ3v) is 9.00. The number of hydrogen-bond donors (Lipinski definition) is 3. The summed E-state index contributed by atoms with van der Waals surface area (Å²) in [6.07, 6.45) is 5.06. The number of nitrogens with one attached hydrogen (secondary N) is 3. The van der Waals surface area contributed by atoms with Gasteiger partial charge in [0.15, 0.2) is 0 Å². The Balaban J connectivity index is 1.18. The van der Waals surface area contributed by atoms with Crippen molar-refractivity contribution in [1.82, 2.24) is 25.1 Å². The normalized spacial score (nSPS) is 22.9. The number of fused-ring (bicyclic) bond motifs is 6. The van der Waals surface area contributed by atoms with E-state index in [-0.39, 0.29) is 29.9 Å². The summed E-state index contributed by atoms with van der Waals surface area (Å²) in [7, 11) is 1.40. The highest BCUT2D eigenvalue weighted by Crippen LogP contribution is 2.43. The first-order chi connectivity index (χ1) is 19.5. The van der Waals surface area contributed by atoms with Crippen LogP contribution < -0.4 is 5.32 Å². The van der Waals surface area contributed by atoms with E-state index in [1.54, 1.807) is 4.90 Å². The zero-order valence-corrected chi connectivity index (χ0v) is 22.5. The Kier molecular flexibility index (Phi) is 6.11. The van der Waals surface area contributed by atoms with Crippen LogP contribution in [0, 0.1) is 0 Å². The van der Waals surface area contributed by atoms with Gasteiger partial charge in [-0.25, -0.2) is 0 Å². The average molecular weight is 540 g/mol. The molecule has 0 aliphatic carbocycles. The Morgan fingerprint density at radius 3 is 2.65 bits per heavy atom. The molecule has 7 rings (SSSR count). The molecule has 206 valence electrons. The number of methoxy groups -OCH3 is 1. The number of benzene rings is 2. The number of hydrogen-bond acceptors (Lipinski definition) is 5. The Morgan fingerprint density at radius 1 is 1.05 bits per heavy atom. The van der Waals surface area contributed by atoms with Crippen LogP contribution in [0.5, 0.6) is 0 Å². The summed E-state index contributed by atoms with van der Waals surface area (Å²) in [6.45, 7) is 1.13. The Labute approximate surface area is 231 Å². The molecule has 9 nitrogen and oxygen atoms in total. The molecule has 2 aromatic carbocycles. The van der Waals surface area contributed by atoms with Crippen LogP contribution in [-0.4, -0.2) is 75.9 Å². The molecule has 40 heavy (non-hydrogen) atoms. The van der Waals surface area contributed by atoms with Crippen molar-refractivity contribution >= 4 is 39.6 Å². The molecule has 0 unspecified atom stereocenters. The van der Waals surface area contributed by atoms with Crippen molar-refractivity contribution in [1.29, 1.82) is 0 Å². The first kappa shape index (κ1) is 24.9. The van der Waals surface area contributed by atoms with Gasteiger partial charge in [-0.2, -0.15) is 0 Å². The second kappa shape index (κ2) is 9.82. The van der Waals surface area contributed by atoms with E-state index < -0.39 is 12.1 Å². The predicted octanol–water partition coefficient (Wildman–Crippen LogP) is 3.21. The highest BCUT2D eigenvalue weighted by Gasteiger charge is 2.52. The number of nitrogens with zero attached hydrogens (tertiary/aromatic N) is 2. The maximum atomic E-state index is 13.8. The van der Waals surface area contributed by atoms with E-state index in [9.17, 15) is 14.4 Å². The van der Waals surface area contributed by atoms with E-state index in [1.165, 1.54) is 7.11 Å². The van der Waals surface area contributed by atoms with Gasteiger partial charge < -0.3 is 29.8 Å². The molecular formula is C31H33N5O4. The summed E-state index contributed by atoms with van der Waals surface area (Å²) in [6, 6.07) is 14.4. The van der Waals surface area contributed by atoms with E-state index in [1.807, 2.05) is 53.6 Å². The van der Waals surface area contributed by atoms with Crippen molar-refractivity contribution in [3.63, 3.8) is 0 Å². The van der Waals surface area contributed by atoms with Crippen LogP contribution in [0.3, 0.4) is 0 Å². The Morgan fingerprint density at radius 2 is 1.82 bits per heavy atom. The fourth-order valence-electron chi connectivity index (χ4n) is 7.12. The number of aromatic nitrogens is 2. The molecule has 0 radical (unpaired) electrons. The largest absolute Gasteiger partial charge is 0.468 e. The molecule has 3 N–H and O–H groups in total. The van der Waals surface area contributed by atoms with Gasteiger partial charge in [-0.3, -0.25) is 14.4 Å². The summed E-state index contributed by atoms with van der Waals surface area (Å²) in [5, 5.41) is 5.60. The smallest absolute Gasteiger partial charge is 0.323 e. The molecule has 3 aliphatic rings. The summed E-state index contributed by atoms with van der Waals surface area (Å²) in [4.78, 5) is 50.8. The lowest BCUT2D eigenvalue weighted by Crippen LogP contribution is -2.65. The highest BCUT2D eigenvalue weighted by atomic mass is 16.5. The van der Waals surface area contributed by atoms with E-state index in [2.05, 4.69) is 21.4 Å². The average Bonchev–Trinajstić information content (AvgIpc) is 3.72. The molecule has 4 atom stereocenters. The number of amides is 2. The van der Waals surface area contributed by atoms with Crippen LogP contribution >= 0.6 is 0 Å². The quantitative estimate of drug-likeness (QED) is 0.313. The zero-order chi connectivity index (χ0) is 27.4. The minimum Gasteiger partial charge on any atom is -0.468 e. The van der Waals surface area contributed by atoms with E-state index >= 15 is 0 Å². The number of H-pyrrole nitrogens is 2. The fraction of sp³-hybridized carbons (Fsp3) is 0.387. The SMILES string of the molecule is COC(=O)[C@@H](Cc1c[nH]c2ccccc12)NCC[C@H]1c2[nH]c3ccccc3c2C[C@H]2C(=O)N3CCC[C@H]3C(=O)N21. The predicted molar refractivity (Wildman–Crippen MR) is 151 cm³/mol. The minimum atomic E-state index is -0.546. The second-order valence-electron chi connectivity index (χ2n) is 11.1. The maximum absolute atomic E-state index is 13.8. The van der Waals surface area contributed by atoms with Crippen molar-refractivity contribution < 1.29 is 19.1 Å². The number of piperazine rings is 1. The number of esters is 1. The molecule has 0 saturated carbocycles. The number of ether oxygens (including phenoxy) is 1. The van der Waals surface area contributed by atoms with Gasteiger partial charge in [-0.15, -0.1) is 0 Å². The van der Waals surface area contributed by atoms with Crippen LogP contribution in [0.2, 0.25) is 0 Å². The Bertz CT molecular complexity index is 1620. The zero-order valence-electron chi connectivity index (χ0n) is 22.5. The molecule has 4 aromatic rings. The van der Waals surface area contributed by atoms with Gasteiger partial charge in [-0.05, 0) is 49.1 Å². The van der Waals surface area contributed by atoms with E-state index in [4.69, 9.17) is 4.74 Å². The minimum absolute atomic E-state index is 0.0414. The Hall–Kier alpha value is -4.11. The molecule has 0 bridgehead atoms. The topological polar surface area (TPSA) is 111 Å². The third-order valence-electron chi connectivity index (χ3n) is 9.00. The first-order valence-corrected chi connectivity index (χ1v) is 14.1. The van der Waals surface area contributed by atoms with Gasteiger partial charge in [0, 0.05) is 53.1 Å². The van der Waals surface area contributed by atoms with Crippen LogP contribution in [0.25, 0.3) is 21.8 Å². The number of para-hydroxylation sites is 2. The molecule has 2 saturated heterocycles. The maximum Gasteiger partial charge on any atom is 0.323 e. The lowest BCUT2D eigenvalue weighted by molar-refractivity contribution is -0.163. The third kappa shape index (κ3) is 3.91. The summed E-state index contributed by atoms with van der Waals surface area (Å²) in [5.41, 5.74) is 5.18. The summed E-state index contributed by atoms with van der Waals surface area (Å²) >= 11 is 0. The second-order valence-corrected chi connectivity index (χ2v) is 11.1. The van der Waals surface area contributed by atoms with Crippen molar-refractivity contribution in [3.8, 4) is 0 Å².